The summed E-state index contributed by atoms with van der Waals surface area (Å²) < 4.78 is 0. The molecule has 0 radical (unpaired) electrons. The Morgan fingerprint density at radius 2 is 2.12 bits per heavy atom. The van der Waals surface area contributed by atoms with E-state index in [1.165, 1.54) is 11.1 Å². The average Bonchev–Trinajstić information content (AvgIpc) is 2.28. The summed E-state index contributed by atoms with van der Waals surface area (Å²) in [4.78, 5) is 0. The van der Waals surface area contributed by atoms with Gasteiger partial charge in [0, 0.05) is 17.5 Å². The molecule has 2 N–H and O–H groups in total. The lowest BCUT2D eigenvalue weighted by atomic mass is 9.64. The highest BCUT2D eigenvalue weighted by atomic mass is 16.3. The van der Waals surface area contributed by atoms with Crippen LogP contribution in [-0.4, -0.2) is 17.3 Å². The van der Waals surface area contributed by atoms with Gasteiger partial charge in [-0.05, 0) is 25.8 Å². The van der Waals surface area contributed by atoms with E-state index in [1.54, 1.807) is 0 Å². The van der Waals surface area contributed by atoms with E-state index < -0.39 is 0 Å². The molecule has 0 aromatic heterocycles. The molecule has 2 heteroatoms. The molecular formula is C15H23NO. The van der Waals surface area contributed by atoms with Crippen molar-refractivity contribution in [2.45, 2.75) is 52.3 Å². The Labute approximate surface area is 104 Å². The lowest BCUT2D eigenvalue weighted by Crippen LogP contribution is -2.60. The van der Waals surface area contributed by atoms with Gasteiger partial charge in [0.1, 0.15) is 0 Å². The van der Waals surface area contributed by atoms with Gasteiger partial charge in [-0.2, -0.15) is 0 Å². The monoisotopic (exact) mass is 233 g/mol. The second kappa shape index (κ2) is 4.43. The molecule has 2 nitrogen and oxygen atoms in total. The van der Waals surface area contributed by atoms with E-state index >= 15 is 0 Å². The maximum atomic E-state index is 9.73. The van der Waals surface area contributed by atoms with Crippen LogP contribution in [0.5, 0.6) is 0 Å². The van der Waals surface area contributed by atoms with Crippen molar-refractivity contribution >= 4 is 0 Å². The van der Waals surface area contributed by atoms with Gasteiger partial charge in [0.15, 0.2) is 0 Å². The smallest absolute Gasteiger partial charge is 0.0621 e. The molecule has 17 heavy (non-hydrogen) atoms. The molecule has 94 valence electrons. The van der Waals surface area contributed by atoms with Crippen molar-refractivity contribution in [1.29, 1.82) is 0 Å². The number of nitrogens with one attached hydrogen (secondary N) is 1. The Hall–Kier alpha value is -0.860. The van der Waals surface area contributed by atoms with Gasteiger partial charge in [-0.1, -0.05) is 43.7 Å². The molecule has 0 aliphatic heterocycles. The quantitative estimate of drug-likeness (QED) is 0.841. The predicted molar refractivity (Wildman–Crippen MR) is 70.9 cm³/mol. The van der Waals surface area contributed by atoms with E-state index in [9.17, 15) is 5.11 Å². The average molecular weight is 233 g/mol. The van der Waals surface area contributed by atoms with E-state index in [2.05, 4.69) is 57.3 Å². The van der Waals surface area contributed by atoms with E-state index in [-0.39, 0.29) is 11.5 Å². The van der Waals surface area contributed by atoms with Gasteiger partial charge in [-0.25, -0.2) is 0 Å². The first-order valence-electron chi connectivity index (χ1n) is 6.42. The number of hydrogen-bond acceptors (Lipinski definition) is 2. The maximum absolute atomic E-state index is 9.73. The van der Waals surface area contributed by atoms with Gasteiger partial charge >= 0.3 is 0 Å². The molecule has 1 fully saturated rings. The Bertz CT molecular complexity index is 400. The number of rotatable bonds is 3. The first kappa shape index (κ1) is 12.6. The van der Waals surface area contributed by atoms with Gasteiger partial charge in [-0.15, -0.1) is 0 Å². The highest BCUT2D eigenvalue weighted by molar-refractivity contribution is 5.25. The molecule has 0 saturated heterocycles. The van der Waals surface area contributed by atoms with E-state index in [1.807, 2.05) is 0 Å². The molecule has 1 aromatic rings. The van der Waals surface area contributed by atoms with Crippen molar-refractivity contribution < 1.29 is 5.11 Å². The molecule has 3 unspecified atom stereocenters. The minimum absolute atomic E-state index is 0.00190. The number of hydrogen-bond donors (Lipinski definition) is 2. The molecule has 2 rings (SSSR count). The molecule has 0 heterocycles. The molecular weight excluding hydrogens is 210 g/mol. The molecule has 0 bridgehead atoms. The van der Waals surface area contributed by atoms with Gasteiger partial charge in [0.05, 0.1) is 6.10 Å². The highest BCUT2D eigenvalue weighted by Gasteiger charge is 2.47. The van der Waals surface area contributed by atoms with Crippen LogP contribution in [0.2, 0.25) is 0 Å². The van der Waals surface area contributed by atoms with Crippen LogP contribution in [0.4, 0.5) is 0 Å². The van der Waals surface area contributed by atoms with E-state index in [0.717, 1.165) is 6.42 Å². The number of aryl methyl sites for hydroxylation is 1. The zero-order valence-corrected chi connectivity index (χ0v) is 11.2. The van der Waals surface area contributed by atoms with Crippen LogP contribution in [0.15, 0.2) is 24.3 Å². The Morgan fingerprint density at radius 3 is 2.65 bits per heavy atom. The summed E-state index contributed by atoms with van der Waals surface area (Å²) in [6.07, 6.45) is 0.702. The molecule has 1 aliphatic carbocycles. The fraction of sp³-hybridized carbons (Fsp3) is 0.600. The molecule has 3 atom stereocenters. The van der Waals surface area contributed by atoms with Crippen LogP contribution < -0.4 is 5.32 Å². The van der Waals surface area contributed by atoms with Crippen LogP contribution in [0, 0.1) is 12.3 Å². The minimum atomic E-state index is -0.162. The second-order valence-electron chi connectivity index (χ2n) is 5.93. The fourth-order valence-electron chi connectivity index (χ4n) is 2.52. The number of aliphatic hydroxyl groups is 1. The second-order valence-corrected chi connectivity index (χ2v) is 5.93. The molecule has 1 aliphatic rings. The van der Waals surface area contributed by atoms with E-state index in [0.29, 0.717) is 12.1 Å². The van der Waals surface area contributed by atoms with Gasteiger partial charge in [-0.3, -0.25) is 0 Å². The first-order valence-corrected chi connectivity index (χ1v) is 6.42. The van der Waals surface area contributed by atoms with Crippen LogP contribution in [0.3, 0.4) is 0 Å². The normalized spacial score (nSPS) is 28.5. The lowest BCUT2D eigenvalue weighted by molar-refractivity contribution is -0.0754. The molecule has 1 saturated carbocycles. The molecule has 1 aromatic carbocycles. The summed E-state index contributed by atoms with van der Waals surface area (Å²) in [6, 6.07) is 9.35. The maximum Gasteiger partial charge on any atom is 0.0621 e. The third-order valence-electron chi connectivity index (χ3n) is 4.21. The van der Waals surface area contributed by atoms with Crippen molar-refractivity contribution in [3.05, 3.63) is 35.4 Å². The lowest BCUT2D eigenvalue weighted by Gasteiger charge is -2.50. The number of benzene rings is 1. The SMILES string of the molecule is Cc1cccc(C(C)NC2CC(O)C2(C)C)c1. The van der Waals surface area contributed by atoms with Crippen LogP contribution in [0.25, 0.3) is 0 Å². The van der Waals surface area contributed by atoms with Crippen molar-refractivity contribution in [2.75, 3.05) is 0 Å². The topological polar surface area (TPSA) is 32.3 Å². The summed E-state index contributed by atoms with van der Waals surface area (Å²) in [5, 5.41) is 13.4. The Morgan fingerprint density at radius 1 is 1.41 bits per heavy atom. The zero-order chi connectivity index (χ0) is 12.6. The Balaban J connectivity index is 2.01. The van der Waals surface area contributed by atoms with Gasteiger partial charge in [0.25, 0.3) is 0 Å². The van der Waals surface area contributed by atoms with Crippen molar-refractivity contribution in [1.82, 2.24) is 5.32 Å². The highest BCUT2D eigenvalue weighted by Crippen LogP contribution is 2.41. The number of aliphatic hydroxyl groups excluding tert-OH is 1. The van der Waals surface area contributed by atoms with Crippen LogP contribution >= 0.6 is 0 Å². The summed E-state index contributed by atoms with van der Waals surface area (Å²) in [6.45, 7) is 8.56. The third-order valence-corrected chi connectivity index (χ3v) is 4.21. The zero-order valence-electron chi connectivity index (χ0n) is 11.2. The van der Waals surface area contributed by atoms with Crippen molar-refractivity contribution in [2.24, 2.45) is 5.41 Å². The standard InChI is InChI=1S/C15H23NO/c1-10-6-5-7-12(8-10)11(2)16-13-9-14(17)15(13,3)4/h5-8,11,13-14,16-17H,9H2,1-4H3. The summed E-state index contributed by atoms with van der Waals surface area (Å²) in [7, 11) is 0. The van der Waals surface area contributed by atoms with Gasteiger partial charge < -0.3 is 10.4 Å². The first-order chi connectivity index (χ1) is 7.91. The molecule has 0 spiro atoms. The van der Waals surface area contributed by atoms with Crippen LogP contribution in [-0.2, 0) is 0 Å². The summed E-state index contributed by atoms with van der Waals surface area (Å²) >= 11 is 0. The fourth-order valence-corrected chi connectivity index (χ4v) is 2.52. The minimum Gasteiger partial charge on any atom is -0.392 e. The summed E-state index contributed by atoms with van der Waals surface area (Å²) in [5.41, 5.74) is 2.61. The summed E-state index contributed by atoms with van der Waals surface area (Å²) in [5.74, 6) is 0. The third kappa shape index (κ3) is 2.38. The predicted octanol–water partition coefficient (Wildman–Crippen LogP) is 2.81. The Kier molecular flexibility index (Phi) is 3.28. The van der Waals surface area contributed by atoms with Crippen LogP contribution in [0.1, 0.15) is 44.4 Å². The van der Waals surface area contributed by atoms with Gasteiger partial charge in [0.2, 0.25) is 0 Å². The van der Waals surface area contributed by atoms with E-state index in [4.69, 9.17) is 0 Å². The van der Waals surface area contributed by atoms with Crippen molar-refractivity contribution in [3.63, 3.8) is 0 Å². The molecule has 0 amide bonds. The largest absolute Gasteiger partial charge is 0.392 e. The van der Waals surface area contributed by atoms with Crippen molar-refractivity contribution in [3.8, 4) is 0 Å².